The van der Waals surface area contributed by atoms with E-state index in [4.69, 9.17) is 4.74 Å². The molecule has 0 aliphatic heterocycles. The largest absolute Gasteiger partial charge is 0.476 e. The number of ether oxygens (including phenoxy) is 1. The van der Waals surface area contributed by atoms with Crippen molar-refractivity contribution in [2.75, 3.05) is 13.2 Å². The maximum atomic E-state index is 11.6. The highest BCUT2D eigenvalue weighted by Crippen LogP contribution is 2.27. The monoisotopic (exact) mass is 367 g/mol. The van der Waals surface area contributed by atoms with Gasteiger partial charge in [-0.25, -0.2) is 0 Å². The molecule has 0 bridgehead atoms. The summed E-state index contributed by atoms with van der Waals surface area (Å²) in [4.78, 5) is 11.6. The zero-order chi connectivity index (χ0) is 16.1. The molecule has 0 spiro atoms. The van der Waals surface area contributed by atoms with Crippen LogP contribution in [-0.4, -0.2) is 28.8 Å². The van der Waals surface area contributed by atoms with Gasteiger partial charge < -0.3 is 10.1 Å². The van der Waals surface area contributed by atoms with Gasteiger partial charge in [0.15, 0.2) is 0 Å². The predicted octanol–water partition coefficient (Wildman–Crippen LogP) is 3.27. The molecular formula is C16H22BrN3O2. The van der Waals surface area contributed by atoms with Crippen molar-refractivity contribution >= 4 is 32.7 Å². The molecule has 5 nitrogen and oxygen atoms in total. The molecular weight excluding hydrogens is 346 g/mol. The number of nitrogens with zero attached hydrogens (tertiary/aromatic N) is 2. The Bertz CT molecular complexity index is 652. The molecule has 1 aromatic heterocycles. The fourth-order valence-electron chi connectivity index (χ4n) is 2.12. The Hall–Kier alpha value is -1.56. The SMILES string of the molecule is CC(C)CNC(=O)CCCOc1nn(C)c2ccc(Br)cc12. The van der Waals surface area contributed by atoms with Gasteiger partial charge in [0.05, 0.1) is 17.5 Å². The molecule has 0 saturated carbocycles. The van der Waals surface area contributed by atoms with Crippen LogP contribution in [0.5, 0.6) is 5.88 Å². The van der Waals surface area contributed by atoms with Crippen molar-refractivity contribution in [1.82, 2.24) is 15.1 Å². The molecule has 120 valence electrons. The molecule has 1 amide bonds. The van der Waals surface area contributed by atoms with Crippen LogP contribution in [0.4, 0.5) is 0 Å². The first-order valence-corrected chi connectivity index (χ1v) is 8.28. The number of nitrogens with one attached hydrogen (secondary N) is 1. The number of benzene rings is 1. The van der Waals surface area contributed by atoms with E-state index in [9.17, 15) is 4.79 Å². The van der Waals surface area contributed by atoms with Crippen LogP contribution in [0, 0.1) is 5.92 Å². The van der Waals surface area contributed by atoms with Gasteiger partial charge in [0.25, 0.3) is 0 Å². The normalized spacial score (nSPS) is 11.1. The van der Waals surface area contributed by atoms with E-state index >= 15 is 0 Å². The minimum absolute atomic E-state index is 0.0749. The Labute approximate surface area is 139 Å². The van der Waals surface area contributed by atoms with Gasteiger partial charge in [-0.2, -0.15) is 0 Å². The Morgan fingerprint density at radius 2 is 2.23 bits per heavy atom. The molecule has 0 radical (unpaired) electrons. The number of carbonyl (C=O) groups is 1. The van der Waals surface area contributed by atoms with E-state index in [1.54, 1.807) is 4.68 Å². The lowest BCUT2D eigenvalue weighted by atomic mass is 10.2. The van der Waals surface area contributed by atoms with Crippen molar-refractivity contribution in [3.05, 3.63) is 22.7 Å². The van der Waals surface area contributed by atoms with Crippen LogP contribution in [-0.2, 0) is 11.8 Å². The third-order valence-electron chi connectivity index (χ3n) is 3.27. The summed E-state index contributed by atoms with van der Waals surface area (Å²) in [7, 11) is 1.89. The minimum Gasteiger partial charge on any atom is -0.476 e. The lowest BCUT2D eigenvalue weighted by Gasteiger charge is -2.07. The van der Waals surface area contributed by atoms with Crippen LogP contribution in [0.3, 0.4) is 0 Å². The Morgan fingerprint density at radius 3 is 2.95 bits per heavy atom. The fraction of sp³-hybridized carbons (Fsp3) is 0.500. The van der Waals surface area contributed by atoms with E-state index in [2.05, 4.69) is 40.2 Å². The van der Waals surface area contributed by atoms with Crippen LogP contribution < -0.4 is 10.1 Å². The average Bonchev–Trinajstić information content (AvgIpc) is 2.77. The predicted molar refractivity (Wildman–Crippen MR) is 91.0 cm³/mol. The van der Waals surface area contributed by atoms with Crippen molar-refractivity contribution < 1.29 is 9.53 Å². The number of fused-ring (bicyclic) bond motifs is 1. The zero-order valence-corrected chi connectivity index (χ0v) is 14.8. The summed E-state index contributed by atoms with van der Waals surface area (Å²) in [6, 6.07) is 5.97. The zero-order valence-electron chi connectivity index (χ0n) is 13.2. The van der Waals surface area contributed by atoms with Crippen molar-refractivity contribution in [1.29, 1.82) is 0 Å². The molecule has 2 aromatic rings. The van der Waals surface area contributed by atoms with Gasteiger partial charge in [-0.3, -0.25) is 9.48 Å². The van der Waals surface area contributed by atoms with E-state index in [-0.39, 0.29) is 5.91 Å². The molecule has 0 aliphatic rings. The van der Waals surface area contributed by atoms with E-state index in [1.165, 1.54) is 0 Å². The molecule has 1 heterocycles. The number of halogens is 1. The summed E-state index contributed by atoms with van der Waals surface area (Å²) in [6.45, 7) is 5.35. The Kier molecular flexibility index (Phi) is 5.83. The molecule has 22 heavy (non-hydrogen) atoms. The van der Waals surface area contributed by atoms with E-state index in [1.807, 2.05) is 25.2 Å². The Morgan fingerprint density at radius 1 is 1.45 bits per heavy atom. The number of aromatic nitrogens is 2. The number of rotatable bonds is 7. The molecule has 6 heteroatoms. The molecule has 0 aliphatic carbocycles. The van der Waals surface area contributed by atoms with Crippen LogP contribution in [0.25, 0.3) is 10.9 Å². The molecule has 0 fully saturated rings. The fourth-order valence-corrected chi connectivity index (χ4v) is 2.48. The summed E-state index contributed by atoms with van der Waals surface area (Å²) in [5, 5.41) is 8.25. The van der Waals surface area contributed by atoms with Gasteiger partial charge in [-0.15, -0.1) is 5.10 Å². The maximum Gasteiger partial charge on any atom is 0.240 e. The quantitative estimate of drug-likeness (QED) is 0.764. The summed E-state index contributed by atoms with van der Waals surface area (Å²) in [5.74, 6) is 1.16. The number of amides is 1. The highest BCUT2D eigenvalue weighted by Gasteiger charge is 2.10. The third-order valence-corrected chi connectivity index (χ3v) is 3.77. The van der Waals surface area contributed by atoms with Gasteiger partial charge in [-0.05, 0) is 30.5 Å². The standard InChI is InChI=1S/C16H22BrN3O2/c1-11(2)10-18-15(21)5-4-8-22-16-13-9-12(17)6-7-14(13)20(3)19-16/h6-7,9,11H,4-5,8,10H2,1-3H3,(H,18,21). The van der Waals surface area contributed by atoms with E-state index < -0.39 is 0 Å². The molecule has 2 rings (SSSR count). The summed E-state index contributed by atoms with van der Waals surface area (Å²) in [6.07, 6.45) is 1.15. The molecule has 0 atom stereocenters. The number of carbonyl (C=O) groups excluding carboxylic acids is 1. The van der Waals surface area contributed by atoms with Crippen LogP contribution in [0.15, 0.2) is 22.7 Å². The topological polar surface area (TPSA) is 56.1 Å². The summed E-state index contributed by atoms with van der Waals surface area (Å²) >= 11 is 3.46. The summed E-state index contributed by atoms with van der Waals surface area (Å²) < 4.78 is 8.53. The van der Waals surface area contributed by atoms with Crippen LogP contribution in [0.2, 0.25) is 0 Å². The third kappa shape index (κ3) is 4.47. The lowest BCUT2D eigenvalue weighted by Crippen LogP contribution is -2.27. The van der Waals surface area contributed by atoms with Gasteiger partial charge >= 0.3 is 0 Å². The lowest BCUT2D eigenvalue weighted by molar-refractivity contribution is -0.121. The van der Waals surface area contributed by atoms with Gasteiger partial charge in [0, 0.05) is 24.5 Å². The summed E-state index contributed by atoms with van der Waals surface area (Å²) in [5.41, 5.74) is 1.02. The van der Waals surface area contributed by atoms with Crippen molar-refractivity contribution in [2.45, 2.75) is 26.7 Å². The van der Waals surface area contributed by atoms with Crippen molar-refractivity contribution in [3.8, 4) is 5.88 Å². The highest BCUT2D eigenvalue weighted by molar-refractivity contribution is 9.10. The first kappa shape index (κ1) is 16.8. The van der Waals surface area contributed by atoms with E-state index in [0.717, 1.165) is 21.9 Å². The second kappa shape index (κ2) is 7.63. The van der Waals surface area contributed by atoms with Gasteiger partial charge in [-0.1, -0.05) is 29.8 Å². The van der Waals surface area contributed by atoms with E-state index in [0.29, 0.717) is 31.2 Å². The molecule has 1 N–H and O–H groups in total. The van der Waals surface area contributed by atoms with Crippen molar-refractivity contribution in [3.63, 3.8) is 0 Å². The second-order valence-corrected chi connectivity index (χ2v) is 6.66. The second-order valence-electron chi connectivity index (χ2n) is 5.74. The van der Waals surface area contributed by atoms with Gasteiger partial charge in [0.2, 0.25) is 11.8 Å². The Balaban J connectivity index is 1.85. The van der Waals surface area contributed by atoms with Crippen molar-refractivity contribution in [2.24, 2.45) is 13.0 Å². The molecule has 0 saturated heterocycles. The maximum absolute atomic E-state index is 11.6. The first-order chi connectivity index (χ1) is 10.5. The molecule has 0 unspecified atom stereocenters. The molecule has 1 aromatic carbocycles. The van der Waals surface area contributed by atoms with Gasteiger partial charge in [0.1, 0.15) is 0 Å². The number of aryl methyl sites for hydroxylation is 1. The highest BCUT2D eigenvalue weighted by atomic mass is 79.9. The average molecular weight is 368 g/mol. The minimum atomic E-state index is 0.0749. The number of hydrogen-bond donors (Lipinski definition) is 1. The van der Waals surface area contributed by atoms with Crippen LogP contribution in [0.1, 0.15) is 26.7 Å². The first-order valence-electron chi connectivity index (χ1n) is 7.49. The number of hydrogen-bond acceptors (Lipinski definition) is 3. The smallest absolute Gasteiger partial charge is 0.240 e. The van der Waals surface area contributed by atoms with Crippen LogP contribution >= 0.6 is 15.9 Å².